The molecule has 3 heteroatoms. The molecule has 3 aromatic heterocycles. The molecule has 30 heavy (non-hydrogen) atoms. The van der Waals surface area contributed by atoms with E-state index in [0.29, 0.717) is 0 Å². The first-order valence-corrected chi connectivity index (χ1v) is 10.3. The number of fused-ring (bicyclic) bond motifs is 5. The van der Waals surface area contributed by atoms with Crippen molar-refractivity contribution in [2.75, 3.05) is 0 Å². The summed E-state index contributed by atoms with van der Waals surface area (Å²) in [5.74, 6) is 0. The summed E-state index contributed by atoms with van der Waals surface area (Å²) in [5, 5.41) is 6.30. The molecule has 0 saturated heterocycles. The fourth-order valence-corrected chi connectivity index (χ4v) is 5.08. The van der Waals surface area contributed by atoms with Crippen molar-refractivity contribution in [2.45, 2.75) is 26.3 Å². The molecule has 144 valence electrons. The molecule has 0 aliphatic carbocycles. The summed E-state index contributed by atoms with van der Waals surface area (Å²) >= 11 is 0. The second kappa shape index (κ2) is 5.49. The van der Waals surface area contributed by atoms with Crippen LogP contribution in [0.5, 0.6) is 0 Å². The largest absolute Gasteiger partial charge is 0.307 e. The van der Waals surface area contributed by atoms with Gasteiger partial charge in [-0.1, -0.05) is 30.3 Å². The summed E-state index contributed by atoms with van der Waals surface area (Å²) in [6.07, 6.45) is 2.15. The minimum Gasteiger partial charge on any atom is -0.307 e. The number of rotatable bonds is 1. The first-order valence-electron chi connectivity index (χ1n) is 10.3. The monoisotopic (exact) mass is 388 g/mol. The molecule has 0 atom stereocenters. The number of hydrogen-bond donors (Lipinski definition) is 0. The first kappa shape index (κ1) is 17.2. The van der Waals surface area contributed by atoms with E-state index < -0.39 is 5.54 Å². The minimum atomic E-state index is -0.572. The lowest BCUT2D eigenvalue weighted by molar-refractivity contribution is -0.643. The standard InChI is InChI=1S/C27H22N3/c1-16-10-11-20-19-8-6-7-9-21(19)30-22-15-18(27(2,3)28-4)14-17-12-13-29(5)26(24(17)22)23(16)25(20)30/h6-15H,1-3,5H3/q+1. The van der Waals surface area contributed by atoms with Crippen LogP contribution in [-0.2, 0) is 12.6 Å². The molecule has 6 rings (SSSR count). The average molecular weight is 388 g/mol. The number of para-hydroxylation sites is 1. The van der Waals surface area contributed by atoms with Crippen molar-refractivity contribution in [2.24, 2.45) is 7.05 Å². The summed E-state index contributed by atoms with van der Waals surface area (Å²) in [6, 6.07) is 19.8. The molecule has 0 N–H and O–H groups in total. The Morgan fingerprint density at radius 3 is 2.53 bits per heavy atom. The highest BCUT2D eigenvalue weighted by atomic mass is 15.0. The van der Waals surface area contributed by atoms with Crippen molar-refractivity contribution in [3.8, 4) is 0 Å². The molecule has 0 aliphatic heterocycles. The molecule has 0 radical (unpaired) electrons. The number of hydrogen-bond acceptors (Lipinski definition) is 0. The molecule has 0 spiro atoms. The molecule has 3 nitrogen and oxygen atoms in total. The van der Waals surface area contributed by atoms with Crippen molar-refractivity contribution in [3.05, 3.63) is 83.3 Å². The van der Waals surface area contributed by atoms with Crippen LogP contribution in [0.2, 0.25) is 0 Å². The van der Waals surface area contributed by atoms with Crippen LogP contribution in [0.1, 0.15) is 25.0 Å². The van der Waals surface area contributed by atoms with Gasteiger partial charge in [-0.25, -0.2) is 11.1 Å². The van der Waals surface area contributed by atoms with E-state index in [1.54, 1.807) is 0 Å². The number of aryl methyl sites for hydroxylation is 2. The molecule has 0 amide bonds. The third-order valence-electron chi connectivity index (χ3n) is 6.72. The Hall–Kier alpha value is -3.64. The van der Waals surface area contributed by atoms with Gasteiger partial charge in [-0.2, -0.15) is 0 Å². The van der Waals surface area contributed by atoms with Gasteiger partial charge >= 0.3 is 0 Å². The van der Waals surface area contributed by atoms with Crippen LogP contribution < -0.4 is 4.57 Å². The lowest BCUT2D eigenvalue weighted by Gasteiger charge is -2.17. The van der Waals surface area contributed by atoms with E-state index in [0.717, 1.165) is 5.56 Å². The molecule has 0 saturated carbocycles. The number of benzene rings is 3. The van der Waals surface area contributed by atoms with Crippen molar-refractivity contribution in [3.63, 3.8) is 0 Å². The van der Waals surface area contributed by atoms with E-state index >= 15 is 0 Å². The zero-order valence-electron chi connectivity index (χ0n) is 17.6. The van der Waals surface area contributed by atoms with Gasteiger partial charge in [0.05, 0.1) is 27.3 Å². The van der Waals surface area contributed by atoms with Crippen LogP contribution in [0.4, 0.5) is 0 Å². The number of aromatic nitrogens is 2. The van der Waals surface area contributed by atoms with Gasteiger partial charge in [-0.15, -0.1) is 0 Å². The van der Waals surface area contributed by atoms with Gasteiger partial charge in [0.2, 0.25) is 5.52 Å². The molecule has 0 fully saturated rings. The number of nitrogens with zero attached hydrogens (tertiary/aromatic N) is 3. The maximum absolute atomic E-state index is 7.74. The summed E-state index contributed by atoms with van der Waals surface area (Å²) in [5.41, 5.74) is 6.69. The van der Waals surface area contributed by atoms with Gasteiger partial charge < -0.3 is 9.25 Å². The molecular formula is C27H22N3+. The predicted molar refractivity (Wildman–Crippen MR) is 124 cm³/mol. The molecule has 3 heterocycles. The van der Waals surface area contributed by atoms with Crippen LogP contribution in [0.3, 0.4) is 0 Å². The Morgan fingerprint density at radius 1 is 0.933 bits per heavy atom. The van der Waals surface area contributed by atoms with Gasteiger partial charge in [0.1, 0.15) is 7.05 Å². The first-order chi connectivity index (χ1) is 14.4. The van der Waals surface area contributed by atoms with Crippen molar-refractivity contribution >= 4 is 49.0 Å². The van der Waals surface area contributed by atoms with Gasteiger partial charge in [-0.05, 0) is 36.1 Å². The Bertz CT molecular complexity index is 1690. The number of pyridine rings is 2. The third kappa shape index (κ3) is 1.96. The third-order valence-corrected chi connectivity index (χ3v) is 6.72. The summed E-state index contributed by atoms with van der Waals surface area (Å²) in [7, 11) is 2.13. The predicted octanol–water partition coefficient (Wildman–Crippen LogP) is 6.28. The second-order valence-corrected chi connectivity index (χ2v) is 8.91. The quantitative estimate of drug-likeness (QED) is 0.136. The van der Waals surface area contributed by atoms with E-state index in [9.17, 15) is 0 Å². The van der Waals surface area contributed by atoms with Crippen LogP contribution in [0, 0.1) is 13.5 Å². The van der Waals surface area contributed by atoms with Crippen molar-refractivity contribution in [1.82, 2.24) is 4.40 Å². The summed E-state index contributed by atoms with van der Waals surface area (Å²) in [6.45, 7) is 14.0. The highest BCUT2D eigenvalue weighted by molar-refractivity contribution is 6.25. The van der Waals surface area contributed by atoms with Crippen LogP contribution in [0.15, 0.2) is 60.8 Å². The maximum atomic E-state index is 7.74. The van der Waals surface area contributed by atoms with Crippen molar-refractivity contribution in [1.29, 1.82) is 0 Å². The lowest BCUT2D eigenvalue weighted by Crippen LogP contribution is -2.29. The van der Waals surface area contributed by atoms with Crippen molar-refractivity contribution < 1.29 is 4.57 Å². The van der Waals surface area contributed by atoms with Crippen LogP contribution in [0.25, 0.3) is 53.8 Å². The molecule has 6 aromatic rings. The Morgan fingerprint density at radius 2 is 1.73 bits per heavy atom. The Kier molecular flexibility index (Phi) is 3.15. The van der Waals surface area contributed by atoms with Gasteiger partial charge in [-0.3, -0.25) is 0 Å². The normalized spacial score (nSPS) is 12.6. The average Bonchev–Trinajstić information content (AvgIpc) is 3.09. The SMILES string of the molecule is [C-]#[N+]C(C)(C)c1cc2cc[n+](C)c3c4c(C)ccc5c6ccccc6n(c(c1)c23)c54. The molecule has 0 unspecified atom stereocenters. The zero-order valence-corrected chi connectivity index (χ0v) is 17.6. The highest BCUT2D eigenvalue weighted by Crippen LogP contribution is 2.42. The Balaban J connectivity index is 2.05. The second-order valence-electron chi connectivity index (χ2n) is 8.91. The van der Waals surface area contributed by atoms with Gasteiger partial charge in [0.25, 0.3) is 5.54 Å². The van der Waals surface area contributed by atoms with E-state index in [-0.39, 0.29) is 0 Å². The smallest absolute Gasteiger partial charge is 0.252 e. The molecular weight excluding hydrogens is 366 g/mol. The van der Waals surface area contributed by atoms with Gasteiger partial charge in [0.15, 0.2) is 6.20 Å². The fourth-order valence-electron chi connectivity index (χ4n) is 5.08. The maximum Gasteiger partial charge on any atom is 0.252 e. The summed E-state index contributed by atoms with van der Waals surface area (Å²) in [4.78, 5) is 3.92. The van der Waals surface area contributed by atoms with Crippen LogP contribution >= 0.6 is 0 Å². The van der Waals surface area contributed by atoms with Gasteiger partial charge in [0, 0.05) is 36.2 Å². The van der Waals surface area contributed by atoms with E-state index in [1.165, 1.54) is 54.6 Å². The van der Waals surface area contributed by atoms with E-state index in [4.69, 9.17) is 6.57 Å². The van der Waals surface area contributed by atoms with E-state index in [1.807, 2.05) is 13.8 Å². The molecule has 0 bridgehead atoms. The zero-order chi connectivity index (χ0) is 20.8. The van der Waals surface area contributed by atoms with E-state index in [2.05, 4.69) is 88.6 Å². The lowest BCUT2D eigenvalue weighted by atomic mass is 9.91. The fraction of sp³-hybridized carbons (Fsp3) is 0.185. The molecule has 3 aromatic carbocycles. The molecule has 0 aliphatic rings. The topological polar surface area (TPSA) is 12.7 Å². The summed E-state index contributed by atoms with van der Waals surface area (Å²) < 4.78 is 4.67. The van der Waals surface area contributed by atoms with Crippen LogP contribution in [-0.4, -0.2) is 4.40 Å². The minimum absolute atomic E-state index is 0.572. The Labute approximate surface area is 174 Å². The highest BCUT2D eigenvalue weighted by Gasteiger charge is 2.30.